The third kappa shape index (κ3) is 2.73. The summed E-state index contributed by atoms with van der Waals surface area (Å²) in [5.74, 6) is 4.20. The molecule has 0 spiro atoms. The van der Waals surface area contributed by atoms with E-state index in [9.17, 15) is 0 Å². The number of ether oxygens (including phenoxy) is 7. The van der Waals surface area contributed by atoms with Gasteiger partial charge in [-0.2, -0.15) is 0 Å². The van der Waals surface area contributed by atoms with Crippen LogP contribution < -0.4 is 33.2 Å². The first-order chi connectivity index (χ1) is 16.6. The van der Waals surface area contributed by atoms with Crippen LogP contribution in [0.4, 0.5) is 0 Å². The highest BCUT2D eigenvalue weighted by atomic mass is 16.5. The lowest BCUT2D eigenvalue weighted by Gasteiger charge is -2.12. The smallest absolute Gasteiger partial charge is 0.185 e. The Morgan fingerprint density at radius 1 is 0.412 bits per heavy atom. The van der Waals surface area contributed by atoms with Crippen molar-refractivity contribution in [2.75, 3.05) is 49.8 Å². The molecule has 0 aliphatic carbocycles. The highest BCUT2D eigenvalue weighted by molar-refractivity contribution is 6.24. The second-order valence-corrected chi connectivity index (χ2v) is 7.63. The summed E-state index contributed by atoms with van der Waals surface area (Å²) < 4.78 is 39.8. The SMILES string of the molecule is COc1cc(OC)c2c([nH]c3c(OC)c4[nH]c5c(OC)c(OC)cc(OC)c5c4cc32)c1OC. The van der Waals surface area contributed by atoms with E-state index in [1.807, 2.05) is 12.1 Å². The van der Waals surface area contributed by atoms with Gasteiger partial charge in [0.05, 0.1) is 82.6 Å². The van der Waals surface area contributed by atoms with Crippen molar-refractivity contribution in [2.24, 2.45) is 0 Å². The molecule has 9 heteroatoms. The number of methoxy groups -OCH3 is 7. The molecule has 178 valence electrons. The molecule has 0 radical (unpaired) electrons. The van der Waals surface area contributed by atoms with E-state index in [-0.39, 0.29) is 0 Å². The van der Waals surface area contributed by atoms with Crippen LogP contribution in [0.2, 0.25) is 0 Å². The summed E-state index contributed by atoms with van der Waals surface area (Å²) >= 11 is 0. The third-order valence-corrected chi connectivity index (χ3v) is 6.23. The normalized spacial score (nSPS) is 11.4. The standard InChI is InChI=1S/C25H26N2O7/c1-28-13-9-15(30-3)23(32-5)21-17(13)11-8-12-18-14(29-2)10-16(31-4)24(33-6)22(18)27-20(12)25(34-7)19(11)26-21/h8-10,26-27H,1-7H3. The second kappa shape index (κ2) is 8.02. The minimum atomic E-state index is 0.562. The monoisotopic (exact) mass is 466 g/mol. The fraction of sp³-hybridized carbons (Fsp3) is 0.280. The molecule has 34 heavy (non-hydrogen) atoms. The zero-order valence-corrected chi connectivity index (χ0v) is 20.1. The van der Waals surface area contributed by atoms with Gasteiger partial charge in [-0.1, -0.05) is 0 Å². The van der Waals surface area contributed by atoms with Crippen LogP contribution in [0.25, 0.3) is 43.6 Å². The molecule has 2 aromatic heterocycles. The van der Waals surface area contributed by atoms with Crippen molar-refractivity contribution < 1.29 is 33.2 Å². The van der Waals surface area contributed by atoms with Crippen LogP contribution >= 0.6 is 0 Å². The topological polar surface area (TPSA) is 96.2 Å². The van der Waals surface area contributed by atoms with Crippen molar-refractivity contribution in [3.63, 3.8) is 0 Å². The Labute approximate surface area is 195 Å². The fourth-order valence-corrected chi connectivity index (χ4v) is 4.79. The molecule has 0 aliphatic heterocycles. The van der Waals surface area contributed by atoms with E-state index >= 15 is 0 Å². The second-order valence-electron chi connectivity index (χ2n) is 7.63. The number of hydrogen-bond acceptors (Lipinski definition) is 7. The van der Waals surface area contributed by atoms with Crippen LogP contribution in [0, 0.1) is 0 Å². The molecule has 0 atom stereocenters. The molecular formula is C25H26N2O7. The molecule has 0 amide bonds. The van der Waals surface area contributed by atoms with Gasteiger partial charge in [-0.05, 0) is 6.07 Å². The maximum atomic E-state index is 5.92. The number of nitrogens with one attached hydrogen (secondary N) is 2. The van der Waals surface area contributed by atoms with Crippen LogP contribution in [0.5, 0.6) is 40.2 Å². The maximum absolute atomic E-state index is 5.92. The van der Waals surface area contributed by atoms with E-state index in [1.54, 1.807) is 49.8 Å². The first-order valence-corrected chi connectivity index (χ1v) is 10.5. The predicted molar refractivity (Wildman–Crippen MR) is 131 cm³/mol. The number of benzene rings is 3. The minimum absolute atomic E-state index is 0.562. The van der Waals surface area contributed by atoms with Crippen molar-refractivity contribution in [2.45, 2.75) is 0 Å². The zero-order chi connectivity index (χ0) is 24.1. The van der Waals surface area contributed by atoms with Gasteiger partial charge in [-0.3, -0.25) is 0 Å². The minimum Gasteiger partial charge on any atom is -0.496 e. The molecule has 0 aliphatic rings. The number of aromatic nitrogens is 2. The predicted octanol–water partition coefficient (Wildman–Crippen LogP) is 5.02. The van der Waals surface area contributed by atoms with Gasteiger partial charge in [0.25, 0.3) is 0 Å². The third-order valence-electron chi connectivity index (χ3n) is 6.23. The van der Waals surface area contributed by atoms with Crippen molar-refractivity contribution in [1.82, 2.24) is 9.97 Å². The first kappa shape index (κ1) is 21.7. The molecule has 2 N–H and O–H groups in total. The molecule has 0 unspecified atom stereocenters. The maximum Gasteiger partial charge on any atom is 0.185 e. The summed E-state index contributed by atoms with van der Waals surface area (Å²) in [5.41, 5.74) is 3.06. The van der Waals surface area contributed by atoms with E-state index in [0.29, 0.717) is 40.2 Å². The Morgan fingerprint density at radius 3 is 1.12 bits per heavy atom. The molecule has 0 fully saturated rings. The van der Waals surface area contributed by atoms with E-state index in [0.717, 1.165) is 43.6 Å². The molecule has 5 aromatic rings. The van der Waals surface area contributed by atoms with Crippen molar-refractivity contribution in [1.29, 1.82) is 0 Å². The molecule has 0 saturated carbocycles. The Balaban J connectivity index is 2.03. The van der Waals surface area contributed by atoms with Crippen LogP contribution in [0.3, 0.4) is 0 Å². The van der Waals surface area contributed by atoms with E-state index in [4.69, 9.17) is 33.2 Å². The van der Waals surface area contributed by atoms with Crippen LogP contribution in [-0.4, -0.2) is 59.7 Å². The highest BCUT2D eigenvalue weighted by Crippen LogP contribution is 2.51. The summed E-state index contributed by atoms with van der Waals surface area (Å²) in [6, 6.07) is 5.71. The zero-order valence-electron chi connectivity index (χ0n) is 20.1. The quantitative estimate of drug-likeness (QED) is 0.348. The lowest BCUT2D eigenvalue weighted by atomic mass is 10.0. The largest absolute Gasteiger partial charge is 0.496 e. The number of rotatable bonds is 7. The van der Waals surface area contributed by atoms with Gasteiger partial charge in [-0.15, -0.1) is 0 Å². The van der Waals surface area contributed by atoms with Gasteiger partial charge in [0.15, 0.2) is 28.7 Å². The Bertz CT molecular complexity index is 1450. The molecule has 9 nitrogen and oxygen atoms in total. The van der Waals surface area contributed by atoms with E-state index in [1.165, 1.54) is 0 Å². The van der Waals surface area contributed by atoms with Crippen LogP contribution in [-0.2, 0) is 0 Å². The molecule has 0 saturated heterocycles. The van der Waals surface area contributed by atoms with Gasteiger partial charge in [-0.25, -0.2) is 0 Å². The van der Waals surface area contributed by atoms with Crippen molar-refractivity contribution in [3.05, 3.63) is 18.2 Å². The van der Waals surface area contributed by atoms with Gasteiger partial charge in [0, 0.05) is 22.9 Å². The van der Waals surface area contributed by atoms with Crippen molar-refractivity contribution >= 4 is 43.6 Å². The highest BCUT2D eigenvalue weighted by Gasteiger charge is 2.26. The molecule has 3 aromatic carbocycles. The average Bonchev–Trinajstić information content (AvgIpc) is 3.44. The van der Waals surface area contributed by atoms with Gasteiger partial charge < -0.3 is 43.1 Å². The van der Waals surface area contributed by atoms with Crippen LogP contribution in [0.15, 0.2) is 18.2 Å². The average molecular weight is 466 g/mol. The van der Waals surface area contributed by atoms with Gasteiger partial charge in [0.1, 0.15) is 11.5 Å². The van der Waals surface area contributed by atoms with Crippen LogP contribution in [0.1, 0.15) is 0 Å². The van der Waals surface area contributed by atoms with E-state index < -0.39 is 0 Å². The Morgan fingerprint density at radius 2 is 0.794 bits per heavy atom. The van der Waals surface area contributed by atoms with Gasteiger partial charge >= 0.3 is 0 Å². The van der Waals surface area contributed by atoms with Gasteiger partial charge in [0.2, 0.25) is 0 Å². The lowest BCUT2D eigenvalue weighted by Crippen LogP contribution is -1.94. The number of aromatic amines is 2. The summed E-state index contributed by atoms with van der Waals surface area (Å²) in [6.45, 7) is 0. The van der Waals surface area contributed by atoms with Crippen molar-refractivity contribution in [3.8, 4) is 40.2 Å². The molecular weight excluding hydrogens is 440 g/mol. The summed E-state index contributed by atoms with van der Waals surface area (Å²) in [4.78, 5) is 6.93. The molecule has 5 rings (SSSR count). The summed E-state index contributed by atoms with van der Waals surface area (Å²) in [5, 5.41) is 3.50. The Kier molecular flexibility index (Phi) is 5.11. The number of hydrogen-bond donors (Lipinski definition) is 2. The molecule has 2 heterocycles. The van der Waals surface area contributed by atoms with E-state index in [2.05, 4.69) is 16.0 Å². The summed E-state index contributed by atoms with van der Waals surface area (Å²) in [6.07, 6.45) is 0. The first-order valence-electron chi connectivity index (χ1n) is 10.5. The lowest BCUT2D eigenvalue weighted by molar-refractivity contribution is 0.353. The molecule has 0 bridgehead atoms. The fourth-order valence-electron chi connectivity index (χ4n) is 4.79. The Hall–Kier alpha value is -4.14. The summed E-state index contributed by atoms with van der Waals surface area (Å²) in [7, 11) is 11.3. The number of fused-ring (bicyclic) bond motifs is 6. The number of H-pyrrole nitrogens is 2.